The number of hydrogen-bond donors (Lipinski definition) is 1. The highest BCUT2D eigenvalue weighted by atomic mass is 16.5. The third-order valence-electron chi connectivity index (χ3n) is 4.41. The Balaban J connectivity index is 1.39. The first-order chi connectivity index (χ1) is 10.3. The van der Waals surface area contributed by atoms with E-state index in [1.807, 2.05) is 0 Å². The van der Waals surface area contributed by atoms with E-state index in [2.05, 4.69) is 59.9 Å². The molecule has 1 saturated carbocycles. The second-order valence-electron chi connectivity index (χ2n) is 5.83. The minimum absolute atomic E-state index is 0.681. The minimum Gasteiger partial charge on any atom is -0.497 e. The Labute approximate surface area is 127 Å². The van der Waals surface area contributed by atoms with Crippen LogP contribution in [0, 0.1) is 0 Å². The molecular formula is C19H23NO. The molecule has 0 saturated heterocycles. The summed E-state index contributed by atoms with van der Waals surface area (Å²) in [6.07, 6.45) is 3.62. The van der Waals surface area contributed by atoms with Gasteiger partial charge in [-0.3, -0.25) is 0 Å². The van der Waals surface area contributed by atoms with Crippen molar-refractivity contribution in [3.05, 3.63) is 65.7 Å². The predicted molar refractivity (Wildman–Crippen MR) is 86.9 cm³/mol. The van der Waals surface area contributed by atoms with Crippen LogP contribution in [0.4, 0.5) is 0 Å². The molecule has 2 nitrogen and oxygen atoms in total. The molecule has 0 radical (unpaired) electrons. The van der Waals surface area contributed by atoms with Crippen LogP contribution in [0.5, 0.6) is 5.75 Å². The largest absolute Gasteiger partial charge is 0.497 e. The smallest absolute Gasteiger partial charge is 0.118 e. The quantitative estimate of drug-likeness (QED) is 0.870. The van der Waals surface area contributed by atoms with Gasteiger partial charge in [-0.15, -0.1) is 0 Å². The molecule has 0 heterocycles. The fourth-order valence-corrected chi connectivity index (χ4v) is 3.00. The van der Waals surface area contributed by atoms with Gasteiger partial charge in [-0.05, 0) is 55.0 Å². The van der Waals surface area contributed by atoms with E-state index in [0.717, 1.165) is 18.7 Å². The van der Waals surface area contributed by atoms with Crippen LogP contribution in [-0.4, -0.2) is 19.7 Å². The number of nitrogens with one attached hydrogen (secondary N) is 1. The molecule has 21 heavy (non-hydrogen) atoms. The average molecular weight is 281 g/mol. The molecule has 1 N–H and O–H groups in total. The maximum absolute atomic E-state index is 5.20. The molecule has 2 aromatic rings. The third kappa shape index (κ3) is 3.64. The summed E-state index contributed by atoms with van der Waals surface area (Å²) >= 11 is 0. The Morgan fingerprint density at radius 3 is 2.38 bits per heavy atom. The van der Waals surface area contributed by atoms with Crippen LogP contribution in [-0.2, 0) is 6.42 Å². The van der Waals surface area contributed by atoms with E-state index < -0.39 is 0 Å². The highest BCUT2D eigenvalue weighted by Gasteiger charge is 2.29. The molecule has 0 atom stereocenters. The van der Waals surface area contributed by atoms with Crippen molar-refractivity contribution in [3.8, 4) is 5.75 Å². The van der Waals surface area contributed by atoms with Gasteiger partial charge in [0.05, 0.1) is 7.11 Å². The van der Waals surface area contributed by atoms with Crippen LogP contribution in [0.3, 0.4) is 0 Å². The van der Waals surface area contributed by atoms with E-state index in [9.17, 15) is 0 Å². The fraction of sp³-hybridized carbons (Fsp3) is 0.368. The summed E-state index contributed by atoms with van der Waals surface area (Å²) in [5.74, 6) is 1.65. The predicted octanol–water partition coefficient (Wildman–Crippen LogP) is 3.77. The second kappa shape index (κ2) is 6.77. The molecule has 110 valence electrons. The van der Waals surface area contributed by atoms with Gasteiger partial charge in [0.25, 0.3) is 0 Å². The van der Waals surface area contributed by atoms with Gasteiger partial charge < -0.3 is 10.1 Å². The Hall–Kier alpha value is -1.80. The van der Waals surface area contributed by atoms with Crippen molar-refractivity contribution in [2.75, 3.05) is 13.7 Å². The van der Waals surface area contributed by atoms with Gasteiger partial charge in [-0.25, -0.2) is 0 Å². The Morgan fingerprint density at radius 2 is 1.71 bits per heavy atom. The van der Waals surface area contributed by atoms with Crippen LogP contribution in [0.2, 0.25) is 0 Å². The molecule has 1 aliphatic carbocycles. The topological polar surface area (TPSA) is 21.3 Å². The molecule has 0 unspecified atom stereocenters. The van der Waals surface area contributed by atoms with Crippen LogP contribution in [0.15, 0.2) is 54.6 Å². The maximum Gasteiger partial charge on any atom is 0.118 e. The summed E-state index contributed by atoms with van der Waals surface area (Å²) in [5.41, 5.74) is 2.85. The monoisotopic (exact) mass is 281 g/mol. The fourth-order valence-electron chi connectivity index (χ4n) is 3.00. The van der Waals surface area contributed by atoms with Crippen molar-refractivity contribution in [2.24, 2.45) is 0 Å². The lowest BCUT2D eigenvalue weighted by molar-refractivity contribution is 0.292. The first-order valence-corrected chi connectivity index (χ1v) is 7.76. The van der Waals surface area contributed by atoms with E-state index >= 15 is 0 Å². The molecule has 3 rings (SSSR count). The highest BCUT2D eigenvalue weighted by molar-refractivity contribution is 5.31. The van der Waals surface area contributed by atoms with Crippen molar-refractivity contribution in [1.29, 1.82) is 0 Å². The molecule has 0 bridgehead atoms. The van der Waals surface area contributed by atoms with Gasteiger partial charge in [0.1, 0.15) is 5.75 Å². The van der Waals surface area contributed by atoms with Crippen molar-refractivity contribution in [2.45, 2.75) is 31.2 Å². The summed E-state index contributed by atoms with van der Waals surface area (Å²) < 4.78 is 5.20. The number of ether oxygens (including phenoxy) is 1. The van der Waals surface area contributed by atoms with Gasteiger partial charge in [0, 0.05) is 6.04 Å². The van der Waals surface area contributed by atoms with E-state index in [1.165, 1.54) is 24.0 Å². The lowest BCUT2D eigenvalue weighted by Crippen LogP contribution is -2.40. The van der Waals surface area contributed by atoms with Crippen molar-refractivity contribution in [3.63, 3.8) is 0 Å². The van der Waals surface area contributed by atoms with Crippen LogP contribution < -0.4 is 10.1 Å². The molecule has 0 amide bonds. The van der Waals surface area contributed by atoms with Crippen molar-refractivity contribution < 1.29 is 4.74 Å². The van der Waals surface area contributed by atoms with E-state index in [1.54, 1.807) is 7.11 Å². The number of benzene rings is 2. The zero-order chi connectivity index (χ0) is 14.5. The average Bonchev–Trinajstić information content (AvgIpc) is 2.51. The zero-order valence-electron chi connectivity index (χ0n) is 12.6. The van der Waals surface area contributed by atoms with Crippen LogP contribution >= 0.6 is 0 Å². The molecule has 0 spiro atoms. The standard InChI is InChI=1S/C19H23NO/c1-21-19-9-7-16(8-10-19)17-13-18(14-17)20-12-11-15-5-3-2-4-6-15/h2-10,17-18,20H,11-14H2,1H3. The second-order valence-corrected chi connectivity index (χ2v) is 5.83. The number of hydrogen-bond acceptors (Lipinski definition) is 2. The summed E-state index contributed by atoms with van der Waals surface area (Å²) in [4.78, 5) is 0. The van der Waals surface area contributed by atoms with Gasteiger partial charge >= 0.3 is 0 Å². The van der Waals surface area contributed by atoms with Crippen LogP contribution in [0.1, 0.15) is 29.9 Å². The van der Waals surface area contributed by atoms with E-state index in [0.29, 0.717) is 12.0 Å². The minimum atomic E-state index is 0.681. The SMILES string of the molecule is COc1ccc(C2CC(NCCc3ccccc3)C2)cc1. The lowest BCUT2D eigenvalue weighted by atomic mass is 9.76. The molecule has 0 aliphatic heterocycles. The summed E-state index contributed by atoms with van der Waals surface area (Å²) in [6, 6.07) is 19.9. The Kier molecular flexibility index (Phi) is 4.56. The van der Waals surface area contributed by atoms with Gasteiger partial charge in [0.2, 0.25) is 0 Å². The number of rotatable bonds is 6. The van der Waals surface area contributed by atoms with Gasteiger partial charge in [-0.2, -0.15) is 0 Å². The van der Waals surface area contributed by atoms with E-state index in [4.69, 9.17) is 4.74 Å². The van der Waals surface area contributed by atoms with Crippen LogP contribution in [0.25, 0.3) is 0 Å². The summed E-state index contributed by atoms with van der Waals surface area (Å²) in [6.45, 7) is 1.07. The lowest BCUT2D eigenvalue weighted by Gasteiger charge is -2.36. The first kappa shape index (κ1) is 14.2. The van der Waals surface area contributed by atoms with E-state index in [-0.39, 0.29) is 0 Å². The normalized spacial score (nSPS) is 20.8. The maximum atomic E-state index is 5.20. The highest BCUT2D eigenvalue weighted by Crippen LogP contribution is 2.37. The van der Waals surface area contributed by atoms with Gasteiger partial charge in [-0.1, -0.05) is 42.5 Å². The summed E-state index contributed by atoms with van der Waals surface area (Å²) in [5, 5.41) is 3.67. The molecular weight excluding hydrogens is 258 g/mol. The zero-order valence-corrected chi connectivity index (χ0v) is 12.6. The molecule has 2 heteroatoms. The van der Waals surface area contributed by atoms with Crippen molar-refractivity contribution >= 4 is 0 Å². The Bertz CT molecular complexity index is 544. The molecule has 0 aromatic heterocycles. The van der Waals surface area contributed by atoms with Crippen molar-refractivity contribution in [1.82, 2.24) is 5.32 Å². The summed E-state index contributed by atoms with van der Waals surface area (Å²) in [7, 11) is 1.71. The number of methoxy groups -OCH3 is 1. The van der Waals surface area contributed by atoms with Gasteiger partial charge in [0.15, 0.2) is 0 Å². The third-order valence-corrected chi connectivity index (χ3v) is 4.41. The first-order valence-electron chi connectivity index (χ1n) is 7.76. The molecule has 2 aromatic carbocycles. The Morgan fingerprint density at radius 1 is 1.00 bits per heavy atom. The molecule has 1 fully saturated rings. The molecule has 1 aliphatic rings.